The van der Waals surface area contributed by atoms with E-state index in [1.165, 1.54) is 36.7 Å². The maximum atomic E-state index is 14.7. The zero-order chi connectivity index (χ0) is 21.8. The predicted octanol–water partition coefficient (Wildman–Crippen LogP) is 3.54. The first-order chi connectivity index (χ1) is 15.0. The smallest absolute Gasteiger partial charge is 0.328 e. The molecule has 1 aromatic heterocycles. The van der Waals surface area contributed by atoms with Crippen LogP contribution >= 0.6 is 11.6 Å². The second kappa shape index (κ2) is 9.59. The molecular weight excluding hydrogens is 430 g/mol. The highest BCUT2D eigenvalue weighted by molar-refractivity contribution is 6.31. The number of morpholine rings is 1. The number of fused-ring (bicyclic) bond motifs is 1. The average Bonchev–Trinajstić information content (AvgIpc) is 2.77. The number of benzene rings is 2. The van der Waals surface area contributed by atoms with Crippen LogP contribution in [0.25, 0.3) is 10.9 Å². The molecule has 164 valence electrons. The minimum Gasteiger partial charge on any atom is -0.490 e. The van der Waals surface area contributed by atoms with E-state index in [2.05, 4.69) is 15.2 Å². The summed E-state index contributed by atoms with van der Waals surface area (Å²) in [7, 11) is 0. The number of hydrogen-bond acceptors (Lipinski definition) is 6. The molecule has 0 bridgehead atoms. The van der Waals surface area contributed by atoms with E-state index in [1.54, 1.807) is 0 Å². The van der Waals surface area contributed by atoms with E-state index in [-0.39, 0.29) is 16.6 Å². The number of aromatic nitrogens is 2. The summed E-state index contributed by atoms with van der Waals surface area (Å²) < 4.78 is 39.8. The first-order valence-corrected chi connectivity index (χ1v) is 10.3. The Kier molecular flexibility index (Phi) is 6.64. The summed E-state index contributed by atoms with van der Waals surface area (Å²) in [5.74, 6) is -0.806. The Hall–Kier alpha value is -2.75. The molecule has 0 aliphatic carbocycles. The fraction of sp³-hybridized carbons (Fsp3) is 0.333. The Labute approximate surface area is 182 Å². The van der Waals surface area contributed by atoms with Gasteiger partial charge in [-0.3, -0.25) is 4.90 Å². The van der Waals surface area contributed by atoms with Crippen molar-refractivity contribution in [3.8, 4) is 5.75 Å². The third kappa shape index (κ3) is 5.12. The van der Waals surface area contributed by atoms with Crippen molar-refractivity contribution < 1.29 is 28.2 Å². The minimum atomic E-state index is -0.577. The molecular formula is C21H22ClF2N4O3+. The van der Waals surface area contributed by atoms with Crippen LogP contribution in [0.3, 0.4) is 0 Å². The lowest BCUT2D eigenvalue weighted by atomic mass is 10.2. The van der Waals surface area contributed by atoms with Crippen molar-refractivity contribution in [1.82, 2.24) is 9.88 Å². The highest BCUT2D eigenvalue weighted by Gasteiger charge is 2.19. The average molecular weight is 452 g/mol. The van der Waals surface area contributed by atoms with Gasteiger partial charge in [-0.15, -0.1) is 0 Å². The van der Waals surface area contributed by atoms with Crippen LogP contribution in [0.2, 0.25) is 5.02 Å². The standard InChI is InChI=1S/C21H21ClF2N4O3/c22-16-10-14(2-3-17(16)23)26-21-15-11-18(24)20(12-19(15)28(29)13-25-21)31-7-1-4-27-5-8-30-9-6-27/h2-3,10-13,29H,1,4-9H2/p+1. The summed E-state index contributed by atoms with van der Waals surface area (Å²) in [4.78, 5) is 6.37. The molecule has 10 heteroatoms. The first-order valence-electron chi connectivity index (χ1n) is 9.89. The molecule has 0 saturated carbocycles. The monoisotopic (exact) mass is 451 g/mol. The summed E-state index contributed by atoms with van der Waals surface area (Å²) in [6.45, 7) is 4.41. The van der Waals surface area contributed by atoms with Crippen molar-refractivity contribution in [3.63, 3.8) is 0 Å². The third-order valence-corrected chi connectivity index (χ3v) is 5.30. The van der Waals surface area contributed by atoms with E-state index in [1.807, 2.05) is 0 Å². The van der Waals surface area contributed by atoms with Crippen LogP contribution < -0.4 is 14.8 Å². The van der Waals surface area contributed by atoms with Gasteiger partial charge in [0.2, 0.25) is 0 Å². The Balaban J connectivity index is 1.49. The quantitative estimate of drug-likeness (QED) is 0.325. The fourth-order valence-electron chi connectivity index (χ4n) is 3.38. The molecule has 2 heterocycles. The van der Waals surface area contributed by atoms with E-state index < -0.39 is 11.6 Å². The number of nitrogens with zero attached hydrogens (tertiary/aromatic N) is 3. The summed E-state index contributed by atoms with van der Waals surface area (Å²) >= 11 is 5.81. The van der Waals surface area contributed by atoms with E-state index in [9.17, 15) is 14.0 Å². The van der Waals surface area contributed by atoms with Crippen LogP contribution in [0.5, 0.6) is 5.75 Å². The van der Waals surface area contributed by atoms with Gasteiger partial charge >= 0.3 is 6.33 Å². The Morgan fingerprint density at radius 2 is 2.00 bits per heavy atom. The van der Waals surface area contributed by atoms with E-state index in [0.717, 1.165) is 44.0 Å². The lowest BCUT2D eigenvalue weighted by Gasteiger charge is -2.26. The molecule has 7 nitrogen and oxygen atoms in total. The second-order valence-electron chi connectivity index (χ2n) is 7.15. The molecule has 4 rings (SSSR count). The predicted molar refractivity (Wildman–Crippen MR) is 111 cm³/mol. The van der Waals surface area contributed by atoms with Crippen molar-refractivity contribution in [2.45, 2.75) is 6.42 Å². The van der Waals surface area contributed by atoms with E-state index >= 15 is 0 Å². The molecule has 3 aromatic rings. The minimum absolute atomic E-state index is 0.0410. The Bertz CT molecular complexity index is 1080. The SMILES string of the molecule is O[n+]1cnc(Nc2ccc(F)c(Cl)c2)c2cc(F)c(OCCCN3CCOCC3)cc21. The van der Waals surface area contributed by atoms with Gasteiger partial charge in [0.1, 0.15) is 5.82 Å². The maximum Gasteiger partial charge on any atom is 0.328 e. The summed E-state index contributed by atoms with van der Waals surface area (Å²) in [6.07, 6.45) is 1.92. The summed E-state index contributed by atoms with van der Waals surface area (Å²) in [6, 6.07) is 6.75. The molecule has 0 amide bonds. The van der Waals surface area contributed by atoms with Gasteiger partial charge in [0.25, 0.3) is 5.82 Å². The van der Waals surface area contributed by atoms with Gasteiger partial charge in [0.05, 0.1) is 30.2 Å². The molecule has 0 atom stereocenters. The van der Waals surface area contributed by atoms with Crippen molar-refractivity contribution in [3.05, 3.63) is 53.3 Å². The van der Waals surface area contributed by atoms with Crippen LogP contribution in [0, 0.1) is 11.6 Å². The maximum absolute atomic E-state index is 14.7. The molecule has 1 aliphatic rings. The molecule has 0 spiro atoms. The highest BCUT2D eigenvalue weighted by Crippen LogP contribution is 2.29. The largest absolute Gasteiger partial charge is 0.490 e. The zero-order valence-corrected chi connectivity index (χ0v) is 17.4. The highest BCUT2D eigenvalue weighted by atomic mass is 35.5. The van der Waals surface area contributed by atoms with Gasteiger partial charge in [-0.1, -0.05) is 11.6 Å². The zero-order valence-electron chi connectivity index (χ0n) is 16.7. The van der Waals surface area contributed by atoms with Gasteiger partial charge in [-0.2, -0.15) is 0 Å². The Morgan fingerprint density at radius 3 is 2.77 bits per heavy atom. The van der Waals surface area contributed by atoms with Gasteiger partial charge in [-0.05, 0) is 40.4 Å². The normalized spacial score (nSPS) is 14.7. The number of rotatable bonds is 7. The fourth-order valence-corrected chi connectivity index (χ4v) is 3.56. The molecule has 2 aromatic carbocycles. The number of ether oxygens (including phenoxy) is 2. The molecule has 1 fully saturated rings. The number of halogens is 3. The Morgan fingerprint density at radius 1 is 1.19 bits per heavy atom. The van der Waals surface area contributed by atoms with E-state index in [4.69, 9.17) is 21.1 Å². The van der Waals surface area contributed by atoms with Gasteiger partial charge < -0.3 is 20.0 Å². The van der Waals surface area contributed by atoms with Crippen LogP contribution in [0.15, 0.2) is 36.7 Å². The van der Waals surface area contributed by atoms with Crippen LogP contribution in [0.4, 0.5) is 20.3 Å². The topological polar surface area (TPSA) is 70.7 Å². The molecule has 1 saturated heterocycles. The van der Waals surface area contributed by atoms with Crippen molar-refractivity contribution >= 4 is 34.0 Å². The molecule has 2 N–H and O–H groups in total. The second-order valence-corrected chi connectivity index (χ2v) is 7.55. The van der Waals surface area contributed by atoms with Crippen molar-refractivity contribution in [2.24, 2.45) is 0 Å². The van der Waals surface area contributed by atoms with E-state index in [0.29, 0.717) is 23.2 Å². The van der Waals surface area contributed by atoms with Crippen LogP contribution in [-0.4, -0.2) is 54.5 Å². The first kappa shape index (κ1) is 21.5. The van der Waals surface area contributed by atoms with Gasteiger partial charge in [-0.25, -0.2) is 8.78 Å². The molecule has 1 aliphatic heterocycles. The molecule has 0 unspecified atom stereocenters. The van der Waals surface area contributed by atoms with Crippen LogP contribution in [0.1, 0.15) is 6.42 Å². The third-order valence-electron chi connectivity index (χ3n) is 5.01. The molecule has 31 heavy (non-hydrogen) atoms. The van der Waals surface area contributed by atoms with Gasteiger partial charge in [0.15, 0.2) is 17.1 Å². The summed E-state index contributed by atoms with van der Waals surface area (Å²) in [5, 5.41) is 13.4. The lowest BCUT2D eigenvalue weighted by Crippen LogP contribution is -2.37. The summed E-state index contributed by atoms with van der Waals surface area (Å²) in [5.41, 5.74) is 0.773. The number of anilines is 2. The van der Waals surface area contributed by atoms with Crippen molar-refractivity contribution in [1.29, 1.82) is 0 Å². The van der Waals surface area contributed by atoms with Crippen molar-refractivity contribution in [2.75, 3.05) is 44.8 Å². The van der Waals surface area contributed by atoms with Gasteiger partial charge in [0, 0.05) is 31.4 Å². The number of nitrogens with one attached hydrogen (secondary N) is 1. The molecule has 0 radical (unpaired) electrons. The van der Waals surface area contributed by atoms with Crippen LogP contribution in [-0.2, 0) is 4.74 Å². The number of hydrogen-bond donors (Lipinski definition) is 2. The lowest BCUT2D eigenvalue weighted by molar-refractivity contribution is -0.886.